The molecule has 0 spiro atoms. The Balaban J connectivity index is 2.05. The molecule has 0 unspecified atom stereocenters. The minimum absolute atomic E-state index is 0.128. The second kappa shape index (κ2) is 7.81. The van der Waals surface area contributed by atoms with Gasteiger partial charge in [0.1, 0.15) is 12.4 Å². The first-order chi connectivity index (χ1) is 13.1. The Hall–Kier alpha value is -3.49. The van der Waals surface area contributed by atoms with Crippen LogP contribution in [-0.4, -0.2) is 53.6 Å². The molecule has 0 bridgehead atoms. The van der Waals surface area contributed by atoms with Gasteiger partial charge >= 0.3 is 0 Å². The van der Waals surface area contributed by atoms with Crippen LogP contribution in [0.25, 0.3) is 17.1 Å². The van der Waals surface area contributed by atoms with Crippen LogP contribution in [0.1, 0.15) is 0 Å². The van der Waals surface area contributed by atoms with E-state index in [2.05, 4.69) is 15.4 Å². The summed E-state index contributed by atoms with van der Waals surface area (Å²) in [6.45, 7) is 0.139. The van der Waals surface area contributed by atoms with Gasteiger partial charge in [0.05, 0.1) is 38.8 Å². The highest BCUT2D eigenvalue weighted by atomic mass is 16.5. The maximum absolute atomic E-state index is 11.5. The van der Waals surface area contributed by atoms with E-state index in [1.165, 1.54) is 0 Å². The number of hydrogen-bond donors (Lipinski definition) is 1. The summed E-state index contributed by atoms with van der Waals surface area (Å²) in [5, 5.41) is 6.80. The van der Waals surface area contributed by atoms with Crippen molar-refractivity contribution in [3.8, 4) is 34.3 Å². The third-order valence-corrected chi connectivity index (χ3v) is 4.07. The SMILES string of the molecule is CNC(=O)Cn1cc(-n2ccnc2-c2ccc(OC)c(OC)c2OC)cn1. The number of ether oxygens (including phenoxy) is 3. The summed E-state index contributed by atoms with van der Waals surface area (Å²) in [6.07, 6.45) is 6.93. The predicted octanol–water partition coefficient (Wildman–Crippen LogP) is 1.51. The number of nitrogens with one attached hydrogen (secondary N) is 1. The first kappa shape index (κ1) is 18.3. The first-order valence-electron chi connectivity index (χ1n) is 8.19. The zero-order chi connectivity index (χ0) is 19.4. The van der Waals surface area contributed by atoms with Gasteiger partial charge in [-0.25, -0.2) is 4.98 Å². The lowest BCUT2D eigenvalue weighted by Crippen LogP contribution is -2.23. The fourth-order valence-corrected chi connectivity index (χ4v) is 2.78. The van der Waals surface area contributed by atoms with Crippen LogP contribution in [0.15, 0.2) is 36.9 Å². The number of amides is 1. The number of benzene rings is 1. The minimum Gasteiger partial charge on any atom is -0.493 e. The average molecular weight is 371 g/mol. The summed E-state index contributed by atoms with van der Waals surface area (Å²) in [4.78, 5) is 16.0. The Morgan fingerprint density at radius 1 is 1.15 bits per heavy atom. The van der Waals surface area contributed by atoms with E-state index in [1.54, 1.807) is 57.7 Å². The van der Waals surface area contributed by atoms with Gasteiger partial charge in [-0.2, -0.15) is 5.10 Å². The molecule has 9 nitrogen and oxygen atoms in total. The number of hydrogen-bond acceptors (Lipinski definition) is 6. The Labute approximate surface area is 156 Å². The van der Waals surface area contributed by atoms with E-state index in [0.717, 1.165) is 11.3 Å². The number of nitrogens with zero attached hydrogens (tertiary/aromatic N) is 4. The molecule has 0 aliphatic carbocycles. The Bertz CT molecular complexity index is 947. The van der Waals surface area contributed by atoms with Gasteiger partial charge in [0.2, 0.25) is 11.7 Å². The summed E-state index contributed by atoms with van der Waals surface area (Å²) < 4.78 is 19.8. The molecule has 1 N–H and O–H groups in total. The van der Waals surface area contributed by atoms with Crippen molar-refractivity contribution in [1.82, 2.24) is 24.6 Å². The molecule has 3 aromatic rings. The van der Waals surface area contributed by atoms with Gasteiger partial charge in [-0.3, -0.25) is 14.0 Å². The van der Waals surface area contributed by atoms with Crippen molar-refractivity contribution in [3.63, 3.8) is 0 Å². The fourth-order valence-electron chi connectivity index (χ4n) is 2.78. The van der Waals surface area contributed by atoms with E-state index in [9.17, 15) is 4.79 Å². The van der Waals surface area contributed by atoms with Crippen LogP contribution in [0.5, 0.6) is 17.2 Å². The van der Waals surface area contributed by atoms with Gasteiger partial charge in [0.25, 0.3) is 0 Å². The second-order valence-electron chi connectivity index (χ2n) is 5.57. The molecule has 1 amide bonds. The van der Waals surface area contributed by atoms with Crippen molar-refractivity contribution in [2.45, 2.75) is 6.54 Å². The van der Waals surface area contributed by atoms with Crippen molar-refractivity contribution in [1.29, 1.82) is 0 Å². The third-order valence-electron chi connectivity index (χ3n) is 4.07. The zero-order valence-corrected chi connectivity index (χ0v) is 15.6. The van der Waals surface area contributed by atoms with Crippen LogP contribution in [0.3, 0.4) is 0 Å². The molecule has 9 heteroatoms. The van der Waals surface area contributed by atoms with Gasteiger partial charge in [0.15, 0.2) is 11.5 Å². The average Bonchev–Trinajstić information content (AvgIpc) is 3.35. The predicted molar refractivity (Wildman–Crippen MR) is 98.5 cm³/mol. The van der Waals surface area contributed by atoms with Gasteiger partial charge in [-0.1, -0.05) is 0 Å². The Morgan fingerprint density at radius 3 is 2.59 bits per heavy atom. The molecule has 3 rings (SSSR count). The quantitative estimate of drug-likeness (QED) is 0.677. The van der Waals surface area contributed by atoms with Crippen molar-refractivity contribution >= 4 is 5.91 Å². The molecule has 0 aliphatic rings. The lowest BCUT2D eigenvalue weighted by Gasteiger charge is -2.16. The third kappa shape index (κ3) is 3.43. The lowest BCUT2D eigenvalue weighted by molar-refractivity contribution is -0.121. The number of carbonyl (C=O) groups is 1. The van der Waals surface area contributed by atoms with Crippen molar-refractivity contribution in [3.05, 3.63) is 36.9 Å². The van der Waals surface area contributed by atoms with E-state index >= 15 is 0 Å². The molecule has 0 saturated carbocycles. The van der Waals surface area contributed by atoms with Crippen molar-refractivity contribution in [2.24, 2.45) is 0 Å². The zero-order valence-electron chi connectivity index (χ0n) is 15.6. The first-order valence-corrected chi connectivity index (χ1v) is 8.19. The summed E-state index contributed by atoms with van der Waals surface area (Å²) in [5.41, 5.74) is 1.50. The topological polar surface area (TPSA) is 92.4 Å². The van der Waals surface area contributed by atoms with E-state index < -0.39 is 0 Å². The molecule has 0 radical (unpaired) electrons. The van der Waals surface area contributed by atoms with E-state index in [1.807, 2.05) is 16.8 Å². The Morgan fingerprint density at radius 2 is 1.93 bits per heavy atom. The summed E-state index contributed by atoms with van der Waals surface area (Å²) >= 11 is 0. The number of carbonyl (C=O) groups excluding carboxylic acids is 1. The molecule has 1 aromatic carbocycles. The maximum atomic E-state index is 11.5. The van der Waals surface area contributed by atoms with Gasteiger partial charge < -0.3 is 19.5 Å². The minimum atomic E-state index is -0.128. The molecule has 0 aliphatic heterocycles. The smallest absolute Gasteiger partial charge is 0.241 e. The monoisotopic (exact) mass is 371 g/mol. The molecule has 0 fully saturated rings. The number of likely N-dealkylation sites (N-methyl/N-ethyl adjacent to an activating group) is 1. The highest BCUT2D eigenvalue weighted by Crippen LogP contribution is 2.44. The Kier molecular flexibility index (Phi) is 5.30. The van der Waals surface area contributed by atoms with Crippen LogP contribution >= 0.6 is 0 Å². The van der Waals surface area contributed by atoms with Gasteiger partial charge in [-0.05, 0) is 12.1 Å². The number of imidazole rings is 1. The molecule has 2 aromatic heterocycles. The number of aromatic nitrogens is 4. The maximum Gasteiger partial charge on any atom is 0.241 e. The van der Waals surface area contributed by atoms with Crippen LogP contribution < -0.4 is 19.5 Å². The van der Waals surface area contributed by atoms with E-state index in [4.69, 9.17) is 14.2 Å². The fraction of sp³-hybridized carbons (Fsp3) is 0.278. The lowest BCUT2D eigenvalue weighted by atomic mass is 10.1. The van der Waals surface area contributed by atoms with Crippen LogP contribution in [0, 0.1) is 0 Å². The largest absolute Gasteiger partial charge is 0.493 e. The molecule has 0 atom stereocenters. The molecular formula is C18H21N5O4. The van der Waals surface area contributed by atoms with Crippen molar-refractivity contribution in [2.75, 3.05) is 28.4 Å². The van der Waals surface area contributed by atoms with E-state index in [0.29, 0.717) is 23.1 Å². The molecule has 0 saturated heterocycles. The normalized spacial score (nSPS) is 10.5. The molecule has 27 heavy (non-hydrogen) atoms. The number of methoxy groups -OCH3 is 3. The molecule has 2 heterocycles. The van der Waals surface area contributed by atoms with Crippen LogP contribution in [-0.2, 0) is 11.3 Å². The second-order valence-corrected chi connectivity index (χ2v) is 5.57. The summed E-state index contributed by atoms with van der Waals surface area (Å²) in [6, 6.07) is 3.65. The molecular weight excluding hydrogens is 350 g/mol. The highest BCUT2D eigenvalue weighted by Gasteiger charge is 2.20. The highest BCUT2D eigenvalue weighted by molar-refractivity contribution is 5.75. The summed E-state index contributed by atoms with van der Waals surface area (Å²) in [7, 11) is 6.28. The van der Waals surface area contributed by atoms with Gasteiger partial charge in [-0.15, -0.1) is 0 Å². The standard InChI is InChI=1S/C18H21N5O4/c1-19-15(24)11-22-10-12(9-21-22)23-8-7-20-18(23)13-5-6-14(25-2)17(27-4)16(13)26-3/h5-10H,11H2,1-4H3,(H,19,24). The number of rotatable bonds is 7. The molecule has 142 valence electrons. The van der Waals surface area contributed by atoms with E-state index in [-0.39, 0.29) is 12.5 Å². The van der Waals surface area contributed by atoms with Crippen LogP contribution in [0.2, 0.25) is 0 Å². The van der Waals surface area contributed by atoms with Crippen LogP contribution in [0.4, 0.5) is 0 Å². The summed E-state index contributed by atoms with van der Waals surface area (Å²) in [5.74, 6) is 2.09. The van der Waals surface area contributed by atoms with Gasteiger partial charge in [0, 0.05) is 25.6 Å². The van der Waals surface area contributed by atoms with Crippen molar-refractivity contribution < 1.29 is 19.0 Å².